The van der Waals surface area contributed by atoms with E-state index in [-0.39, 0.29) is 23.3 Å². The number of pyridine rings is 1. The molecule has 1 saturated heterocycles. The molecule has 6 heteroatoms. The zero-order chi connectivity index (χ0) is 18.9. The number of amides is 3. The van der Waals surface area contributed by atoms with E-state index in [9.17, 15) is 9.59 Å². The van der Waals surface area contributed by atoms with Gasteiger partial charge in [-0.1, -0.05) is 23.8 Å². The highest BCUT2D eigenvalue weighted by atomic mass is 16.2. The molecule has 1 aromatic carbocycles. The minimum absolute atomic E-state index is 0.00588. The maximum atomic E-state index is 12.5. The Bertz CT molecular complexity index is 837. The van der Waals surface area contributed by atoms with Gasteiger partial charge in [-0.25, -0.2) is 4.79 Å². The first-order valence-electron chi connectivity index (χ1n) is 9.35. The molecule has 4 rings (SSSR count). The van der Waals surface area contributed by atoms with Crippen molar-refractivity contribution in [1.82, 2.24) is 15.2 Å². The molecule has 0 radical (unpaired) electrons. The Morgan fingerprint density at radius 1 is 1.26 bits per heavy atom. The van der Waals surface area contributed by atoms with Crippen LogP contribution in [0.2, 0.25) is 0 Å². The van der Waals surface area contributed by atoms with Gasteiger partial charge in [0.1, 0.15) is 0 Å². The SMILES string of the molecule is Cc1ccc(NC(=O)N2CCC3(CC3C(=O)NCc3cccnc3)C2)cc1. The molecule has 1 spiro atoms. The largest absolute Gasteiger partial charge is 0.352 e. The molecule has 2 heterocycles. The quantitative estimate of drug-likeness (QED) is 0.876. The molecule has 6 nitrogen and oxygen atoms in total. The second-order valence-electron chi connectivity index (χ2n) is 7.67. The second kappa shape index (κ2) is 7.02. The summed E-state index contributed by atoms with van der Waals surface area (Å²) < 4.78 is 0. The molecule has 140 valence electrons. The molecule has 3 amide bonds. The molecule has 2 fully saturated rings. The highest BCUT2D eigenvalue weighted by Gasteiger charge is 2.61. The third-order valence-corrected chi connectivity index (χ3v) is 5.67. The van der Waals surface area contributed by atoms with Crippen molar-refractivity contribution in [3.63, 3.8) is 0 Å². The van der Waals surface area contributed by atoms with E-state index in [1.165, 1.54) is 0 Å². The summed E-state index contributed by atoms with van der Waals surface area (Å²) in [7, 11) is 0. The number of carbonyl (C=O) groups is 2. The van der Waals surface area contributed by atoms with Gasteiger partial charge < -0.3 is 15.5 Å². The topological polar surface area (TPSA) is 74.3 Å². The van der Waals surface area contributed by atoms with Gasteiger partial charge in [0.2, 0.25) is 5.91 Å². The summed E-state index contributed by atoms with van der Waals surface area (Å²) in [6, 6.07) is 11.5. The Morgan fingerprint density at radius 3 is 2.81 bits per heavy atom. The van der Waals surface area contributed by atoms with Gasteiger partial charge in [0.05, 0.1) is 0 Å². The number of hydrogen-bond donors (Lipinski definition) is 2. The van der Waals surface area contributed by atoms with Crippen LogP contribution in [0.4, 0.5) is 10.5 Å². The maximum Gasteiger partial charge on any atom is 0.321 e. The summed E-state index contributed by atoms with van der Waals surface area (Å²) >= 11 is 0. The van der Waals surface area contributed by atoms with Crippen molar-refractivity contribution in [2.45, 2.75) is 26.3 Å². The minimum Gasteiger partial charge on any atom is -0.352 e. The number of benzene rings is 1. The predicted molar refractivity (Wildman–Crippen MR) is 103 cm³/mol. The molecule has 2 atom stereocenters. The standard InChI is InChI=1S/C21H24N4O2/c1-15-4-6-17(7-5-15)24-20(27)25-10-8-21(14-25)11-18(21)19(26)23-13-16-3-2-9-22-12-16/h2-7,9,12,18H,8,10-11,13-14H2,1H3,(H,23,26)(H,24,27). The molecule has 27 heavy (non-hydrogen) atoms. The van der Waals surface area contributed by atoms with Crippen molar-refractivity contribution < 1.29 is 9.59 Å². The van der Waals surface area contributed by atoms with Crippen LogP contribution in [0.15, 0.2) is 48.8 Å². The predicted octanol–water partition coefficient (Wildman–Crippen LogP) is 2.95. The van der Waals surface area contributed by atoms with E-state index < -0.39 is 0 Å². The average molecular weight is 364 g/mol. The molecule has 2 aromatic rings. The van der Waals surface area contributed by atoms with Crippen LogP contribution in [0.25, 0.3) is 0 Å². The molecular formula is C21H24N4O2. The lowest BCUT2D eigenvalue weighted by molar-refractivity contribution is -0.123. The van der Waals surface area contributed by atoms with E-state index in [4.69, 9.17) is 0 Å². The summed E-state index contributed by atoms with van der Waals surface area (Å²) in [5.41, 5.74) is 2.91. The Hall–Kier alpha value is -2.89. The fourth-order valence-electron chi connectivity index (χ4n) is 3.89. The van der Waals surface area contributed by atoms with Crippen molar-refractivity contribution in [3.8, 4) is 0 Å². The smallest absolute Gasteiger partial charge is 0.321 e. The Balaban J connectivity index is 1.28. The normalized spacial score (nSPS) is 23.3. The van der Waals surface area contributed by atoms with Gasteiger partial charge in [-0.05, 0) is 43.5 Å². The zero-order valence-electron chi connectivity index (χ0n) is 15.4. The molecular weight excluding hydrogens is 340 g/mol. The number of urea groups is 1. The molecule has 1 aromatic heterocycles. The van der Waals surface area contributed by atoms with Gasteiger partial charge in [-0.3, -0.25) is 9.78 Å². The van der Waals surface area contributed by atoms with Crippen molar-refractivity contribution in [3.05, 3.63) is 59.9 Å². The van der Waals surface area contributed by atoms with Gasteiger partial charge in [0, 0.05) is 49.0 Å². The summed E-state index contributed by atoms with van der Waals surface area (Å²) in [6.45, 7) is 3.86. The number of aromatic nitrogens is 1. The lowest BCUT2D eigenvalue weighted by atomic mass is 10.0. The van der Waals surface area contributed by atoms with E-state index in [2.05, 4.69) is 15.6 Å². The third kappa shape index (κ3) is 3.79. The number of carbonyl (C=O) groups excluding carboxylic acids is 2. The average Bonchev–Trinajstić information content (AvgIpc) is 3.22. The van der Waals surface area contributed by atoms with Gasteiger partial charge in [-0.15, -0.1) is 0 Å². The fraction of sp³-hybridized carbons (Fsp3) is 0.381. The van der Waals surface area contributed by atoms with Crippen LogP contribution in [-0.4, -0.2) is 34.9 Å². The number of rotatable bonds is 4. The van der Waals surface area contributed by atoms with Gasteiger partial charge in [0.15, 0.2) is 0 Å². The van der Waals surface area contributed by atoms with Gasteiger partial charge in [0.25, 0.3) is 0 Å². The Morgan fingerprint density at radius 2 is 2.07 bits per heavy atom. The molecule has 1 saturated carbocycles. The third-order valence-electron chi connectivity index (χ3n) is 5.67. The lowest BCUT2D eigenvalue weighted by Crippen LogP contribution is -2.34. The fourth-order valence-corrected chi connectivity index (χ4v) is 3.89. The Labute approximate surface area is 159 Å². The molecule has 2 N–H and O–H groups in total. The first-order valence-corrected chi connectivity index (χ1v) is 9.35. The first-order chi connectivity index (χ1) is 13.1. The van der Waals surface area contributed by atoms with Crippen LogP contribution in [0, 0.1) is 18.3 Å². The van der Waals surface area contributed by atoms with Gasteiger partial charge in [-0.2, -0.15) is 0 Å². The van der Waals surface area contributed by atoms with Crippen molar-refractivity contribution >= 4 is 17.6 Å². The lowest BCUT2D eigenvalue weighted by Gasteiger charge is -2.17. The van der Waals surface area contributed by atoms with Crippen molar-refractivity contribution in [1.29, 1.82) is 0 Å². The van der Waals surface area contributed by atoms with Crippen LogP contribution >= 0.6 is 0 Å². The number of anilines is 1. The van der Waals surface area contributed by atoms with Crippen LogP contribution in [0.1, 0.15) is 24.0 Å². The first kappa shape index (κ1) is 17.5. The van der Waals surface area contributed by atoms with E-state index >= 15 is 0 Å². The van der Waals surface area contributed by atoms with Crippen LogP contribution < -0.4 is 10.6 Å². The monoisotopic (exact) mass is 364 g/mol. The van der Waals surface area contributed by atoms with E-state index in [1.54, 1.807) is 12.4 Å². The van der Waals surface area contributed by atoms with Crippen LogP contribution in [0.3, 0.4) is 0 Å². The van der Waals surface area contributed by atoms with Crippen molar-refractivity contribution in [2.24, 2.45) is 11.3 Å². The summed E-state index contributed by atoms with van der Waals surface area (Å²) in [4.78, 5) is 30.9. The minimum atomic E-state index is -0.0860. The number of aryl methyl sites for hydroxylation is 1. The summed E-state index contributed by atoms with van der Waals surface area (Å²) in [6.07, 6.45) is 5.23. The molecule has 1 aliphatic carbocycles. The number of nitrogens with one attached hydrogen (secondary N) is 2. The number of likely N-dealkylation sites (tertiary alicyclic amines) is 1. The van der Waals surface area contributed by atoms with Crippen LogP contribution in [0.5, 0.6) is 0 Å². The van der Waals surface area contributed by atoms with E-state index in [1.807, 2.05) is 48.2 Å². The van der Waals surface area contributed by atoms with Crippen LogP contribution in [-0.2, 0) is 11.3 Å². The maximum absolute atomic E-state index is 12.5. The van der Waals surface area contributed by atoms with Gasteiger partial charge >= 0.3 is 6.03 Å². The van der Waals surface area contributed by atoms with Crippen molar-refractivity contribution in [2.75, 3.05) is 18.4 Å². The zero-order valence-corrected chi connectivity index (χ0v) is 15.4. The highest BCUT2D eigenvalue weighted by molar-refractivity contribution is 5.90. The molecule has 1 aliphatic heterocycles. The summed E-state index contributed by atoms with van der Waals surface area (Å²) in [5, 5.41) is 5.95. The highest BCUT2D eigenvalue weighted by Crippen LogP contribution is 2.58. The summed E-state index contributed by atoms with van der Waals surface area (Å²) in [5.74, 6) is 0.0889. The van der Waals surface area contributed by atoms with E-state index in [0.717, 1.165) is 29.7 Å². The number of nitrogens with zero attached hydrogens (tertiary/aromatic N) is 2. The molecule has 0 bridgehead atoms. The second-order valence-corrected chi connectivity index (χ2v) is 7.67. The van der Waals surface area contributed by atoms with E-state index in [0.29, 0.717) is 19.6 Å². The number of hydrogen-bond acceptors (Lipinski definition) is 3. The molecule has 2 unspecified atom stereocenters. The Kier molecular flexibility index (Phi) is 4.56. The molecule has 2 aliphatic rings.